The van der Waals surface area contributed by atoms with Crippen molar-refractivity contribution in [2.45, 2.75) is 58.8 Å². The third kappa shape index (κ3) is 4.75. The number of amides is 2. The number of hydrogen-bond acceptors (Lipinski definition) is 1. The zero-order valence-electron chi connectivity index (χ0n) is 15.3. The van der Waals surface area contributed by atoms with Crippen molar-refractivity contribution >= 4 is 11.7 Å². The Hall–Kier alpha value is -1.51. The molecule has 2 fully saturated rings. The minimum atomic E-state index is 0.0591. The number of nitrogens with one attached hydrogen (secondary N) is 1. The zero-order valence-corrected chi connectivity index (χ0v) is 15.3. The molecule has 0 radical (unpaired) electrons. The van der Waals surface area contributed by atoms with Gasteiger partial charge in [0.15, 0.2) is 0 Å². The number of rotatable bonds is 3. The quantitative estimate of drug-likeness (QED) is 0.785. The summed E-state index contributed by atoms with van der Waals surface area (Å²) in [5, 5.41) is 3.03. The molecule has 2 amide bonds. The molecule has 3 nitrogen and oxygen atoms in total. The molecule has 1 saturated heterocycles. The average Bonchev–Trinajstić information content (AvgIpc) is 2.59. The minimum absolute atomic E-state index is 0.0591. The van der Waals surface area contributed by atoms with Gasteiger partial charge in [-0.25, -0.2) is 4.79 Å². The highest BCUT2D eigenvalue weighted by Gasteiger charge is 2.26. The van der Waals surface area contributed by atoms with Crippen LogP contribution in [0.5, 0.6) is 0 Å². The lowest BCUT2D eigenvalue weighted by Crippen LogP contribution is -2.41. The van der Waals surface area contributed by atoms with E-state index in [0.717, 1.165) is 36.5 Å². The Labute approximate surface area is 146 Å². The fraction of sp³-hybridized carbons (Fsp3) is 0.667. The highest BCUT2D eigenvalue weighted by Crippen LogP contribution is 2.35. The molecule has 3 rings (SSSR count). The van der Waals surface area contributed by atoms with Crippen LogP contribution in [0.1, 0.15) is 57.4 Å². The van der Waals surface area contributed by atoms with Crippen LogP contribution in [0.15, 0.2) is 24.3 Å². The lowest BCUT2D eigenvalue weighted by atomic mass is 9.77. The van der Waals surface area contributed by atoms with E-state index in [9.17, 15) is 4.79 Å². The minimum Gasteiger partial charge on any atom is -0.325 e. The summed E-state index contributed by atoms with van der Waals surface area (Å²) in [5.41, 5.74) is 2.11. The molecule has 1 aromatic rings. The average molecular weight is 329 g/mol. The van der Waals surface area contributed by atoms with E-state index in [2.05, 4.69) is 19.2 Å². The van der Waals surface area contributed by atoms with Gasteiger partial charge in [-0.1, -0.05) is 50.3 Å². The normalized spacial score (nSPS) is 25.5. The van der Waals surface area contributed by atoms with Crippen LogP contribution in [0.2, 0.25) is 0 Å². The number of piperidine rings is 1. The highest BCUT2D eigenvalue weighted by molar-refractivity contribution is 5.89. The van der Waals surface area contributed by atoms with E-state index in [-0.39, 0.29) is 6.03 Å². The first-order valence-electron chi connectivity index (χ1n) is 9.72. The van der Waals surface area contributed by atoms with Crippen molar-refractivity contribution in [3.05, 3.63) is 29.8 Å². The predicted molar refractivity (Wildman–Crippen MR) is 100 cm³/mol. The van der Waals surface area contributed by atoms with Gasteiger partial charge in [0.25, 0.3) is 0 Å². The molecule has 1 N–H and O–H groups in total. The summed E-state index contributed by atoms with van der Waals surface area (Å²) in [6.45, 7) is 6.27. The molecule has 1 aromatic carbocycles. The zero-order chi connectivity index (χ0) is 16.9. The molecule has 0 unspecified atom stereocenters. The topological polar surface area (TPSA) is 32.3 Å². The number of urea groups is 1. The van der Waals surface area contributed by atoms with Gasteiger partial charge in [-0.3, -0.25) is 0 Å². The van der Waals surface area contributed by atoms with Crippen molar-refractivity contribution in [3.63, 3.8) is 0 Å². The first-order valence-corrected chi connectivity index (χ1v) is 9.72. The van der Waals surface area contributed by atoms with Gasteiger partial charge in [0, 0.05) is 18.8 Å². The number of benzene rings is 1. The summed E-state index contributed by atoms with van der Waals surface area (Å²) in [6.07, 6.45) is 9.43. The first kappa shape index (κ1) is 17.3. The van der Waals surface area contributed by atoms with Gasteiger partial charge in [0.1, 0.15) is 0 Å². The van der Waals surface area contributed by atoms with Crippen LogP contribution in [0.25, 0.3) is 0 Å². The lowest BCUT2D eigenvalue weighted by molar-refractivity contribution is 0.162. The van der Waals surface area contributed by atoms with Crippen LogP contribution >= 0.6 is 0 Å². The Morgan fingerprint density at radius 2 is 1.58 bits per heavy atom. The summed E-state index contributed by atoms with van der Waals surface area (Å²) >= 11 is 0. The number of likely N-dealkylation sites (tertiary alicyclic amines) is 1. The monoisotopic (exact) mass is 328 g/mol. The van der Waals surface area contributed by atoms with Crippen LogP contribution < -0.4 is 5.32 Å². The van der Waals surface area contributed by atoms with Gasteiger partial charge in [-0.2, -0.15) is 0 Å². The molecule has 3 heteroatoms. The third-order valence-electron chi connectivity index (χ3n) is 6.01. The number of nitrogens with zero attached hydrogens (tertiary/aromatic N) is 1. The first-order chi connectivity index (χ1) is 11.6. The molecule has 132 valence electrons. The van der Waals surface area contributed by atoms with Gasteiger partial charge in [-0.15, -0.1) is 0 Å². The smallest absolute Gasteiger partial charge is 0.321 e. The third-order valence-corrected chi connectivity index (χ3v) is 6.01. The molecule has 0 spiro atoms. The van der Waals surface area contributed by atoms with Crippen LogP contribution in [-0.2, 0) is 0 Å². The van der Waals surface area contributed by atoms with Crippen molar-refractivity contribution in [2.24, 2.45) is 17.8 Å². The van der Waals surface area contributed by atoms with E-state index in [4.69, 9.17) is 0 Å². The maximum atomic E-state index is 12.4. The van der Waals surface area contributed by atoms with Gasteiger partial charge >= 0.3 is 6.03 Å². The van der Waals surface area contributed by atoms with Crippen LogP contribution in [0.3, 0.4) is 0 Å². The summed E-state index contributed by atoms with van der Waals surface area (Å²) in [6, 6.07) is 8.08. The molecule has 0 aromatic heterocycles. The molecule has 1 aliphatic heterocycles. The van der Waals surface area contributed by atoms with E-state index in [1.165, 1.54) is 50.5 Å². The highest BCUT2D eigenvalue weighted by atomic mass is 16.2. The number of carbonyl (C=O) groups is 1. The second kappa shape index (κ2) is 8.04. The molecule has 1 saturated carbocycles. The predicted octanol–water partition coefficient (Wildman–Crippen LogP) is 5.46. The second-order valence-corrected chi connectivity index (χ2v) is 8.09. The standard InChI is InChI=1S/C21H32N2O/c1-16-3-7-18(8-4-16)15-19-11-13-23(14-12-19)21(24)22-20-9-5-17(2)6-10-20/h5-6,9-10,16,18-19H,3-4,7-8,11-15H2,1-2H3,(H,22,24). The van der Waals surface area contributed by atoms with E-state index in [0.29, 0.717) is 0 Å². The van der Waals surface area contributed by atoms with Crippen molar-refractivity contribution < 1.29 is 4.79 Å². The Bertz CT molecular complexity index is 523. The number of carbonyl (C=O) groups excluding carboxylic acids is 1. The van der Waals surface area contributed by atoms with Crippen molar-refractivity contribution in [3.8, 4) is 0 Å². The van der Waals surface area contributed by atoms with Crippen molar-refractivity contribution in [1.82, 2.24) is 4.90 Å². The maximum Gasteiger partial charge on any atom is 0.321 e. The van der Waals surface area contributed by atoms with Crippen LogP contribution in [0.4, 0.5) is 10.5 Å². The second-order valence-electron chi connectivity index (χ2n) is 8.09. The molecule has 0 bridgehead atoms. The Kier molecular flexibility index (Phi) is 5.80. The fourth-order valence-corrected chi connectivity index (χ4v) is 4.25. The Morgan fingerprint density at radius 1 is 1.00 bits per heavy atom. The summed E-state index contributed by atoms with van der Waals surface area (Å²) in [4.78, 5) is 14.4. The molecule has 0 atom stereocenters. The van der Waals surface area contributed by atoms with Crippen molar-refractivity contribution in [2.75, 3.05) is 18.4 Å². The van der Waals surface area contributed by atoms with E-state index in [1.54, 1.807) is 0 Å². The largest absolute Gasteiger partial charge is 0.325 e. The SMILES string of the molecule is Cc1ccc(NC(=O)N2CCC(CC3CCC(C)CC3)CC2)cc1. The Balaban J connectivity index is 1.41. The van der Waals surface area contributed by atoms with Gasteiger partial charge in [-0.05, 0) is 56.1 Å². The fourth-order valence-electron chi connectivity index (χ4n) is 4.25. The van der Waals surface area contributed by atoms with Gasteiger partial charge in [0.2, 0.25) is 0 Å². The van der Waals surface area contributed by atoms with E-state index < -0.39 is 0 Å². The molecule has 1 heterocycles. The van der Waals surface area contributed by atoms with Crippen LogP contribution in [0, 0.1) is 24.7 Å². The van der Waals surface area contributed by atoms with Crippen molar-refractivity contribution in [1.29, 1.82) is 0 Å². The summed E-state index contributed by atoms with van der Waals surface area (Å²) in [7, 11) is 0. The number of anilines is 1. The maximum absolute atomic E-state index is 12.4. The van der Waals surface area contributed by atoms with Gasteiger partial charge < -0.3 is 10.2 Å². The molecule has 24 heavy (non-hydrogen) atoms. The molecule has 1 aliphatic carbocycles. The molecular weight excluding hydrogens is 296 g/mol. The van der Waals surface area contributed by atoms with Gasteiger partial charge in [0.05, 0.1) is 0 Å². The van der Waals surface area contributed by atoms with E-state index >= 15 is 0 Å². The lowest BCUT2D eigenvalue weighted by Gasteiger charge is -2.35. The molecule has 2 aliphatic rings. The number of aryl methyl sites for hydroxylation is 1. The summed E-state index contributed by atoms with van der Waals surface area (Å²) < 4.78 is 0. The summed E-state index contributed by atoms with van der Waals surface area (Å²) in [5.74, 6) is 2.71. The molecular formula is C21H32N2O. The number of hydrogen-bond donors (Lipinski definition) is 1. The van der Waals surface area contributed by atoms with Crippen LogP contribution in [-0.4, -0.2) is 24.0 Å². The van der Waals surface area contributed by atoms with E-state index in [1.807, 2.05) is 29.2 Å². The Morgan fingerprint density at radius 3 is 2.21 bits per heavy atom.